The Morgan fingerprint density at radius 1 is 0.838 bits per heavy atom. The van der Waals surface area contributed by atoms with Crippen LogP contribution in [0.25, 0.3) is 44.2 Å². The summed E-state index contributed by atoms with van der Waals surface area (Å²) in [6.07, 6.45) is 5.24. The number of benzene rings is 3. The van der Waals surface area contributed by atoms with Gasteiger partial charge in [-0.2, -0.15) is 10.4 Å². The molecule has 6 heteroatoms. The molecule has 0 bridgehead atoms. The zero-order valence-electron chi connectivity index (χ0n) is 20.4. The number of aromatic nitrogens is 4. The molecule has 6 aromatic rings. The number of hydrogen-bond donors (Lipinski definition) is 1. The standard InChI is InChI=1S/C31H23N5O/c1-31(2,19-32)23-9-6-20(7-10-23)30-29-26-17-22(8-11-27(26)34-18-28(29)35-36-30)21-4-3-5-25(16-21)37-24-12-14-33-15-13-24/h3-18H,1-2H3,(H,35,36). The normalized spacial score (nSPS) is 11.5. The number of H-pyrrole nitrogens is 1. The molecule has 0 fully saturated rings. The Labute approximate surface area is 214 Å². The van der Waals surface area contributed by atoms with E-state index < -0.39 is 5.41 Å². The van der Waals surface area contributed by atoms with E-state index in [2.05, 4.69) is 44.4 Å². The van der Waals surface area contributed by atoms with Gasteiger partial charge >= 0.3 is 0 Å². The maximum absolute atomic E-state index is 9.49. The highest BCUT2D eigenvalue weighted by atomic mass is 16.5. The van der Waals surface area contributed by atoms with Crippen molar-refractivity contribution in [2.24, 2.45) is 0 Å². The molecule has 0 aliphatic heterocycles. The summed E-state index contributed by atoms with van der Waals surface area (Å²) in [7, 11) is 0. The van der Waals surface area contributed by atoms with Crippen molar-refractivity contribution in [3.8, 4) is 40.0 Å². The lowest BCUT2D eigenvalue weighted by molar-refractivity contribution is 0.482. The summed E-state index contributed by atoms with van der Waals surface area (Å²) in [5, 5.41) is 19.3. The van der Waals surface area contributed by atoms with Crippen LogP contribution in [0.5, 0.6) is 11.5 Å². The lowest BCUT2D eigenvalue weighted by atomic mass is 9.86. The average Bonchev–Trinajstić information content (AvgIpc) is 3.38. The molecule has 3 heterocycles. The van der Waals surface area contributed by atoms with Gasteiger partial charge in [-0.1, -0.05) is 42.5 Å². The zero-order valence-corrected chi connectivity index (χ0v) is 20.4. The maximum atomic E-state index is 9.49. The predicted octanol–water partition coefficient (Wildman–Crippen LogP) is 7.43. The Bertz CT molecular complexity index is 1780. The Morgan fingerprint density at radius 2 is 1.59 bits per heavy atom. The minimum atomic E-state index is -0.548. The smallest absolute Gasteiger partial charge is 0.130 e. The predicted molar refractivity (Wildman–Crippen MR) is 145 cm³/mol. The third-order valence-electron chi connectivity index (χ3n) is 6.61. The number of ether oxygens (including phenoxy) is 1. The molecular formula is C31H23N5O. The van der Waals surface area contributed by atoms with Gasteiger partial charge in [-0.15, -0.1) is 0 Å². The molecule has 178 valence electrons. The average molecular weight is 482 g/mol. The van der Waals surface area contributed by atoms with Crippen molar-refractivity contribution < 1.29 is 4.74 Å². The number of aromatic amines is 1. The van der Waals surface area contributed by atoms with Crippen LogP contribution in [0.2, 0.25) is 0 Å². The van der Waals surface area contributed by atoms with Crippen molar-refractivity contribution in [1.82, 2.24) is 20.2 Å². The van der Waals surface area contributed by atoms with Crippen molar-refractivity contribution in [3.05, 3.63) is 103 Å². The van der Waals surface area contributed by atoms with Crippen LogP contribution in [-0.4, -0.2) is 20.2 Å². The van der Waals surface area contributed by atoms with Gasteiger partial charge < -0.3 is 4.74 Å². The molecule has 3 aromatic carbocycles. The van der Waals surface area contributed by atoms with Gasteiger partial charge in [0.25, 0.3) is 0 Å². The van der Waals surface area contributed by atoms with Crippen LogP contribution in [0.4, 0.5) is 0 Å². The summed E-state index contributed by atoms with van der Waals surface area (Å²) in [6, 6.07) is 28.4. The number of hydrogen-bond acceptors (Lipinski definition) is 5. The van der Waals surface area contributed by atoms with Crippen molar-refractivity contribution in [3.63, 3.8) is 0 Å². The van der Waals surface area contributed by atoms with Gasteiger partial charge in [0.2, 0.25) is 0 Å². The van der Waals surface area contributed by atoms with E-state index in [4.69, 9.17) is 4.74 Å². The summed E-state index contributed by atoms with van der Waals surface area (Å²) in [6.45, 7) is 3.84. The molecule has 0 aliphatic carbocycles. The minimum absolute atomic E-state index is 0.548. The van der Waals surface area contributed by atoms with Crippen LogP contribution in [0.1, 0.15) is 19.4 Å². The van der Waals surface area contributed by atoms with Gasteiger partial charge in [0.05, 0.1) is 28.7 Å². The first-order valence-corrected chi connectivity index (χ1v) is 12.0. The number of pyridine rings is 2. The van der Waals surface area contributed by atoms with Crippen LogP contribution in [0, 0.1) is 11.3 Å². The van der Waals surface area contributed by atoms with E-state index in [1.165, 1.54) is 0 Å². The van der Waals surface area contributed by atoms with E-state index in [1.807, 2.05) is 80.7 Å². The Hall–Kier alpha value is -5.02. The molecule has 37 heavy (non-hydrogen) atoms. The van der Waals surface area contributed by atoms with E-state index >= 15 is 0 Å². The van der Waals surface area contributed by atoms with E-state index in [1.54, 1.807) is 12.4 Å². The number of nitrogens with one attached hydrogen (secondary N) is 1. The third kappa shape index (κ3) is 4.17. The third-order valence-corrected chi connectivity index (χ3v) is 6.61. The van der Waals surface area contributed by atoms with E-state index in [9.17, 15) is 5.26 Å². The molecule has 0 spiro atoms. The van der Waals surface area contributed by atoms with Gasteiger partial charge in [0, 0.05) is 28.7 Å². The monoisotopic (exact) mass is 481 g/mol. The minimum Gasteiger partial charge on any atom is -0.457 e. The highest BCUT2D eigenvalue weighted by molar-refractivity contribution is 6.11. The fourth-order valence-corrected chi connectivity index (χ4v) is 4.48. The van der Waals surface area contributed by atoms with E-state index in [0.29, 0.717) is 0 Å². The number of nitriles is 1. The van der Waals surface area contributed by atoms with Crippen LogP contribution < -0.4 is 4.74 Å². The molecule has 0 saturated carbocycles. The van der Waals surface area contributed by atoms with Gasteiger partial charge in [0.1, 0.15) is 17.2 Å². The fourth-order valence-electron chi connectivity index (χ4n) is 4.48. The first kappa shape index (κ1) is 22.4. The summed E-state index contributed by atoms with van der Waals surface area (Å²) in [5.74, 6) is 1.49. The highest BCUT2D eigenvalue weighted by Crippen LogP contribution is 2.35. The van der Waals surface area contributed by atoms with Crippen molar-refractivity contribution in [1.29, 1.82) is 5.26 Å². The second-order valence-electron chi connectivity index (χ2n) is 9.48. The van der Waals surface area contributed by atoms with Crippen molar-refractivity contribution in [2.45, 2.75) is 19.3 Å². The first-order valence-electron chi connectivity index (χ1n) is 12.0. The quantitative estimate of drug-likeness (QED) is 0.277. The Morgan fingerprint density at radius 3 is 2.38 bits per heavy atom. The van der Waals surface area contributed by atoms with Crippen LogP contribution in [0.15, 0.2) is 97.5 Å². The number of fused-ring (bicyclic) bond motifs is 3. The second kappa shape index (κ2) is 8.89. The lowest BCUT2D eigenvalue weighted by Gasteiger charge is -2.15. The molecule has 0 aliphatic rings. The number of nitrogens with zero attached hydrogens (tertiary/aromatic N) is 4. The Kier molecular flexibility index (Phi) is 5.39. The molecule has 0 amide bonds. The summed E-state index contributed by atoms with van der Waals surface area (Å²) < 4.78 is 6.02. The summed E-state index contributed by atoms with van der Waals surface area (Å²) >= 11 is 0. The lowest BCUT2D eigenvalue weighted by Crippen LogP contribution is -2.13. The molecule has 0 atom stereocenters. The van der Waals surface area contributed by atoms with E-state index in [-0.39, 0.29) is 0 Å². The second-order valence-corrected chi connectivity index (χ2v) is 9.48. The molecule has 1 N–H and O–H groups in total. The SMILES string of the molecule is CC(C)(C#N)c1ccc(-c2n[nH]c3cnc4ccc(-c5cccc(Oc6ccncc6)c5)cc4c23)cc1. The molecule has 6 rings (SSSR count). The first-order chi connectivity index (χ1) is 18.0. The van der Waals surface area contributed by atoms with Gasteiger partial charge in [-0.05, 0) is 66.9 Å². The molecule has 6 nitrogen and oxygen atoms in total. The highest BCUT2D eigenvalue weighted by Gasteiger charge is 2.20. The molecule has 0 radical (unpaired) electrons. The maximum Gasteiger partial charge on any atom is 0.130 e. The largest absolute Gasteiger partial charge is 0.457 e. The van der Waals surface area contributed by atoms with Crippen molar-refractivity contribution >= 4 is 21.8 Å². The fraction of sp³-hybridized carbons (Fsp3) is 0.0968. The number of rotatable bonds is 5. The van der Waals surface area contributed by atoms with Crippen LogP contribution in [-0.2, 0) is 5.41 Å². The van der Waals surface area contributed by atoms with Gasteiger partial charge in [0.15, 0.2) is 0 Å². The van der Waals surface area contributed by atoms with E-state index in [0.717, 1.165) is 61.3 Å². The van der Waals surface area contributed by atoms with Gasteiger partial charge in [-0.3, -0.25) is 15.1 Å². The molecule has 0 saturated heterocycles. The van der Waals surface area contributed by atoms with Crippen molar-refractivity contribution in [2.75, 3.05) is 0 Å². The Balaban J connectivity index is 1.43. The van der Waals surface area contributed by atoms with Crippen LogP contribution in [0.3, 0.4) is 0 Å². The molecule has 3 aromatic heterocycles. The molecule has 0 unspecified atom stereocenters. The zero-order chi connectivity index (χ0) is 25.4. The van der Waals surface area contributed by atoms with Gasteiger partial charge in [-0.25, -0.2) is 0 Å². The summed E-state index contributed by atoms with van der Waals surface area (Å²) in [5.41, 5.74) is 6.12. The van der Waals surface area contributed by atoms with Crippen LogP contribution >= 0.6 is 0 Å². The summed E-state index contributed by atoms with van der Waals surface area (Å²) in [4.78, 5) is 8.69. The molecular weight excluding hydrogens is 458 g/mol. The topological polar surface area (TPSA) is 87.5 Å².